The fourth-order valence-corrected chi connectivity index (χ4v) is 4.18. The molecule has 2 heterocycles. The lowest BCUT2D eigenvalue weighted by molar-refractivity contribution is 0.0322. The molecule has 4 rings (SSSR count). The first-order valence-corrected chi connectivity index (χ1v) is 9.46. The minimum atomic E-state index is -0.670. The number of nitrogens with one attached hydrogen (secondary N) is 1. The largest absolute Gasteiger partial charge is 0.451 e. The topological polar surface area (TPSA) is 72.0 Å². The Hall–Kier alpha value is -2.99. The summed E-state index contributed by atoms with van der Waals surface area (Å²) in [5.41, 5.74) is 1.23. The van der Waals surface area contributed by atoms with Crippen LogP contribution in [-0.4, -0.2) is 15.9 Å². The third-order valence-electron chi connectivity index (χ3n) is 4.74. The predicted octanol–water partition coefficient (Wildman–Crippen LogP) is 4.67. The Bertz CT molecular complexity index is 1230. The summed E-state index contributed by atoms with van der Waals surface area (Å²) in [7, 11) is 0. The highest BCUT2D eigenvalue weighted by molar-refractivity contribution is 7.18. The number of benzene rings is 2. The summed E-state index contributed by atoms with van der Waals surface area (Å²) in [6.45, 7) is 5.58. The molecule has 5 nitrogen and oxygen atoms in total. The van der Waals surface area contributed by atoms with Crippen molar-refractivity contribution >= 4 is 38.3 Å². The lowest BCUT2D eigenvalue weighted by atomic mass is 10.0. The molecule has 1 atom stereocenters. The fourth-order valence-electron chi connectivity index (χ4n) is 3.15. The van der Waals surface area contributed by atoms with Crippen LogP contribution in [0.25, 0.3) is 21.0 Å². The molecule has 27 heavy (non-hydrogen) atoms. The first kappa shape index (κ1) is 17.4. The van der Waals surface area contributed by atoms with E-state index in [9.17, 15) is 9.59 Å². The van der Waals surface area contributed by atoms with Gasteiger partial charge < -0.3 is 9.72 Å². The van der Waals surface area contributed by atoms with Crippen LogP contribution < -0.4 is 5.56 Å². The molecular formula is C21H18N2O3S. The van der Waals surface area contributed by atoms with Gasteiger partial charge in [0.1, 0.15) is 4.83 Å². The van der Waals surface area contributed by atoms with Crippen molar-refractivity contribution in [3.8, 4) is 0 Å². The molecule has 0 bridgehead atoms. The first-order valence-electron chi connectivity index (χ1n) is 8.64. The van der Waals surface area contributed by atoms with Gasteiger partial charge in [0.05, 0.1) is 10.9 Å². The molecule has 0 aliphatic rings. The quantitative estimate of drug-likeness (QED) is 0.526. The zero-order valence-electron chi connectivity index (χ0n) is 15.2. The van der Waals surface area contributed by atoms with Gasteiger partial charge in [-0.3, -0.25) is 4.79 Å². The summed E-state index contributed by atoms with van der Waals surface area (Å²) in [5.74, 6) is -0.0945. The second-order valence-electron chi connectivity index (χ2n) is 6.49. The number of aromatic amines is 1. The van der Waals surface area contributed by atoms with Crippen LogP contribution in [0.1, 0.15) is 39.7 Å². The maximum absolute atomic E-state index is 12.7. The monoisotopic (exact) mass is 378 g/mol. The Balaban J connectivity index is 1.67. The number of hydrogen-bond donors (Lipinski definition) is 1. The number of aromatic nitrogens is 2. The average molecular weight is 378 g/mol. The van der Waals surface area contributed by atoms with E-state index in [1.807, 2.05) is 50.2 Å². The van der Waals surface area contributed by atoms with Gasteiger partial charge in [-0.15, -0.1) is 11.3 Å². The Morgan fingerprint density at radius 1 is 1.15 bits per heavy atom. The molecule has 0 saturated carbocycles. The molecule has 0 aliphatic carbocycles. The number of nitrogens with zero attached hydrogens (tertiary/aromatic N) is 1. The third kappa shape index (κ3) is 3.02. The van der Waals surface area contributed by atoms with E-state index in [0.717, 1.165) is 21.2 Å². The number of aryl methyl sites for hydroxylation is 2. The van der Waals surface area contributed by atoms with Crippen LogP contribution in [0, 0.1) is 13.8 Å². The molecule has 0 saturated heterocycles. The van der Waals surface area contributed by atoms with E-state index < -0.39 is 12.1 Å². The predicted molar refractivity (Wildman–Crippen MR) is 107 cm³/mol. The van der Waals surface area contributed by atoms with Gasteiger partial charge in [0, 0.05) is 4.88 Å². The van der Waals surface area contributed by atoms with Gasteiger partial charge >= 0.3 is 5.97 Å². The highest BCUT2D eigenvalue weighted by Crippen LogP contribution is 2.27. The van der Waals surface area contributed by atoms with Gasteiger partial charge in [-0.25, -0.2) is 9.78 Å². The molecule has 0 radical (unpaired) electrons. The van der Waals surface area contributed by atoms with Crippen molar-refractivity contribution < 1.29 is 9.53 Å². The van der Waals surface area contributed by atoms with Crippen molar-refractivity contribution in [1.82, 2.24) is 9.97 Å². The van der Waals surface area contributed by atoms with Crippen molar-refractivity contribution in [3.05, 3.63) is 74.6 Å². The van der Waals surface area contributed by atoms with Gasteiger partial charge in [0.15, 0.2) is 11.9 Å². The molecule has 2 aromatic heterocycles. The van der Waals surface area contributed by atoms with Crippen molar-refractivity contribution in [2.45, 2.75) is 26.9 Å². The number of fused-ring (bicyclic) bond motifs is 2. The normalized spacial score (nSPS) is 12.4. The van der Waals surface area contributed by atoms with Gasteiger partial charge in [-0.1, -0.05) is 36.4 Å². The van der Waals surface area contributed by atoms with Gasteiger partial charge in [0.25, 0.3) is 5.56 Å². The second-order valence-corrected chi connectivity index (χ2v) is 7.69. The van der Waals surface area contributed by atoms with Crippen LogP contribution in [0.4, 0.5) is 0 Å². The average Bonchev–Trinajstić information content (AvgIpc) is 2.95. The van der Waals surface area contributed by atoms with E-state index in [4.69, 9.17) is 4.74 Å². The number of carbonyl (C=O) groups excluding carboxylic acids is 1. The second kappa shape index (κ2) is 6.63. The molecule has 0 aliphatic heterocycles. The maximum Gasteiger partial charge on any atom is 0.339 e. The highest BCUT2D eigenvalue weighted by Gasteiger charge is 2.20. The van der Waals surface area contributed by atoms with Crippen LogP contribution in [0.2, 0.25) is 0 Å². The number of rotatable bonds is 3. The Kier molecular flexibility index (Phi) is 4.28. The number of thiophene rings is 1. The zero-order chi connectivity index (χ0) is 19.1. The van der Waals surface area contributed by atoms with Crippen molar-refractivity contribution in [2.75, 3.05) is 0 Å². The molecule has 1 N–H and O–H groups in total. The van der Waals surface area contributed by atoms with Crippen molar-refractivity contribution in [1.29, 1.82) is 0 Å². The molecule has 0 fully saturated rings. The fraction of sp³-hybridized carbons (Fsp3) is 0.190. The van der Waals surface area contributed by atoms with Crippen LogP contribution in [0.3, 0.4) is 0 Å². The number of hydrogen-bond acceptors (Lipinski definition) is 5. The number of esters is 1. The number of H-pyrrole nitrogens is 1. The number of carbonyl (C=O) groups is 1. The van der Waals surface area contributed by atoms with Crippen molar-refractivity contribution in [3.63, 3.8) is 0 Å². The molecule has 0 amide bonds. The van der Waals surface area contributed by atoms with Crippen LogP contribution >= 0.6 is 11.3 Å². The molecule has 4 aromatic rings. The first-order chi connectivity index (χ1) is 13.0. The van der Waals surface area contributed by atoms with E-state index in [2.05, 4.69) is 9.97 Å². The van der Waals surface area contributed by atoms with E-state index in [-0.39, 0.29) is 5.56 Å². The molecular weight excluding hydrogens is 360 g/mol. The minimum Gasteiger partial charge on any atom is -0.451 e. The van der Waals surface area contributed by atoms with Crippen LogP contribution in [-0.2, 0) is 4.74 Å². The Morgan fingerprint density at radius 2 is 1.89 bits per heavy atom. The van der Waals surface area contributed by atoms with E-state index in [0.29, 0.717) is 21.6 Å². The van der Waals surface area contributed by atoms with E-state index in [1.165, 1.54) is 11.3 Å². The van der Waals surface area contributed by atoms with Gasteiger partial charge in [-0.05, 0) is 43.2 Å². The van der Waals surface area contributed by atoms with Crippen molar-refractivity contribution in [2.24, 2.45) is 0 Å². The smallest absolute Gasteiger partial charge is 0.339 e. The molecule has 0 spiro atoms. The molecule has 6 heteroatoms. The highest BCUT2D eigenvalue weighted by atomic mass is 32.1. The Morgan fingerprint density at radius 3 is 2.70 bits per heavy atom. The number of ether oxygens (including phenoxy) is 1. The van der Waals surface area contributed by atoms with E-state index >= 15 is 0 Å². The summed E-state index contributed by atoms with van der Waals surface area (Å²) in [6.07, 6.45) is -0.670. The molecule has 136 valence electrons. The standard InChI is InChI=1S/C21H18N2O3S/c1-11-13(3)27-20-17(11)19(24)22-18(23-20)12(2)26-21(25)16-10-6-8-14-7-4-5-9-15(14)16/h4-10,12H,1-3H3,(H,22,23,24)/t12-/m1/s1. The minimum absolute atomic E-state index is 0.204. The van der Waals surface area contributed by atoms with Gasteiger partial charge in [0.2, 0.25) is 0 Å². The lowest BCUT2D eigenvalue weighted by Gasteiger charge is -2.13. The molecule has 2 aromatic carbocycles. The lowest BCUT2D eigenvalue weighted by Crippen LogP contribution is -2.17. The van der Waals surface area contributed by atoms with Crippen LogP contribution in [0.15, 0.2) is 47.3 Å². The summed E-state index contributed by atoms with van der Waals surface area (Å²) in [6, 6.07) is 13.2. The SMILES string of the molecule is Cc1sc2nc([C@@H](C)OC(=O)c3cccc4ccccc34)[nH]c(=O)c2c1C. The van der Waals surface area contributed by atoms with Gasteiger partial charge in [-0.2, -0.15) is 0 Å². The summed E-state index contributed by atoms with van der Waals surface area (Å²) in [4.78, 5) is 34.1. The third-order valence-corrected chi connectivity index (χ3v) is 5.84. The summed E-state index contributed by atoms with van der Waals surface area (Å²) >= 11 is 1.47. The molecule has 0 unspecified atom stereocenters. The maximum atomic E-state index is 12.7. The Labute approximate surface area is 159 Å². The summed E-state index contributed by atoms with van der Waals surface area (Å²) in [5, 5.41) is 2.41. The zero-order valence-corrected chi connectivity index (χ0v) is 16.0. The summed E-state index contributed by atoms with van der Waals surface area (Å²) < 4.78 is 5.60. The van der Waals surface area contributed by atoms with Crippen LogP contribution in [0.5, 0.6) is 0 Å². The van der Waals surface area contributed by atoms with E-state index in [1.54, 1.807) is 13.0 Å².